The van der Waals surface area contributed by atoms with Crippen LogP contribution in [0.15, 0.2) is 48.5 Å². The second kappa shape index (κ2) is 5.68. The summed E-state index contributed by atoms with van der Waals surface area (Å²) in [6.45, 7) is 2.15. The smallest absolute Gasteiger partial charge is 0.129 e. The third-order valence-corrected chi connectivity index (χ3v) is 3.98. The van der Waals surface area contributed by atoms with Crippen LogP contribution >= 0.6 is 0 Å². The van der Waals surface area contributed by atoms with Gasteiger partial charge in [0, 0.05) is 12.8 Å². The standard InChI is InChI=1S/C18H20O2/c1-2-13-7-9-14(10-8-13)11-16(19)18-12-15-5-3-4-6-17(15)20-18/h3-10,16,18-19H,2,11-12H2,1H3. The SMILES string of the molecule is CCc1ccc(CC(O)C2Cc3ccccc3O2)cc1. The van der Waals surface area contributed by atoms with Crippen LogP contribution in [0.4, 0.5) is 0 Å². The van der Waals surface area contributed by atoms with Gasteiger partial charge in [0.05, 0.1) is 6.10 Å². The first-order chi connectivity index (χ1) is 9.76. The first-order valence-corrected chi connectivity index (χ1v) is 7.26. The maximum atomic E-state index is 10.4. The summed E-state index contributed by atoms with van der Waals surface area (Å²) in [5, 5.41) is 10.4. The maximum Gasteiger partial charge on any atom is 0.129 e. The molecule has 1 aliphatic heterocycles. The van der Waals surface area contributed by atoms with Crippen LogP contribution in [-0.4, -0.2) is 17.3 Å². The third kappa shape index (κ3) is 2.70. The summed E-state index contributed by atoms with van der Waals surface area (Å²) in [5.74, 6) is 0.915. The second-order valence-electron chi connectivity index (χ2n) is 5.41. The molecular formula is C18H20O2. The topological polar surface area (TPSA) is 29.5 Å². The lowest BCUT2D eigenvalue weighted by Crippen LogP contribution is -2.31. The van der Waals surface area contributed by atoms with Crippen molar-refractivity contribution >= 4 is 0 Å². The van der Waals surface area contributed by atoms with Crippen molar-refractivity contribution in [1.82, 2.24) is 0 Å². The van der Waals surface area contributed by atoms with Crippen LogP contribution in [0.25, 0.3) is 0 Å². The summed E-state index contributed by atoms with van der Waals surface area (Å²) < 4.78 is 5.84. The predicted molar refractivity (Wildman–Crippen MR) is 80.1 cm³/mol. The molecule has 1 heterocycles. The van der Waals surface area contributed by atoms with Crippen molar-refractivity contribution < 1.29 is 9.84 Å². The van der Waals surface area contributed by atoms with Gasteiger partial charge in [-0.25, -0.2) is 0 Å². The summed E-state index contributed by atoms with van der Waals surface area (Å²) in [6.07, 6.45) is 1.89. The Kier molecular flexibility index (Phi) is 3.75. The third-order valence-electron chi connectivity index (χ3n) is 3.98. The van der Waals surface area contributed by atoms with Gasteiger partial charge in [0.2, 0.25) is 0 Å². The first-order valence-electron chi connectivity index (χ1n) is 7.26. The van der Waals surface area contributed by atoms with Crippen molar-refractivity contribution in [2.45, 2.75) is 38.4 Å². The van der Waals surface area contributed by atoms with E-state index in [0.29, 0.717) is 6.42 Å². The lowest BCUT2D eigenvalue weighted by Gasteiger charge is -2.18. The van der Waals surface area contributed by atoms with E-state index >= 15 is 0 Å². The highest BCUT2D eigenvalue weighted by Crippen LogP contribution is 2.30. The molecule has 2 unspecified atom stereocenters. The van der Waals surface area contributed by atoms with Crippen molar-refractivity contribution in [3.8, 4) is 5.75 Å². The summed E-state index contributed by atoms with van der Waals surface area (Å²) in [4.78, 5) is 0. The molecule has 0 bridgehead atoms. The van der Waals surface area contributed by atoms with Gasteiger partial charge in [0.25, 0.3) is 0 Å². The number of aliphatic hydroxyl groups excluding tert-OH is 1. The van der Waals surface area contributed by atoms with E-state index in [4.69, 9.17) is 4.74 Å². The molecule has 0 saturated heterocycles. The van der Waals surface area contributed by atoms with Gasteiger partial charge in [-0.2, -0.15) is 0 Å². The molecule has 0 spiro atoms. The zero-order valence-electron chi connectivity index (χ0n) is 11.8. The molecule has 1 aliphatic rings. The van der Waals surface area contributed by atoms with Crippen molar-refractivity contribution in [1.29, 1.82) is 0 Å². The number of aryl methyl sites for hydroxylation is 1. The van der Waals surface area contributed by atoms with E-state index in [1.807, 2.05) is 18.2 Å². The van der Waals surface area contributed by atoms with E-state index < -0.39 is 6.10 Å². The van der Waals surface area contributed by atoms with E-state index in [1.165, 1.54) is 11.1 Å². The van der Waals surface area contributed by atoms with Gasteiger partial charge in [-0.15, -0.1) is 0 Å². The zero-order valence-corrected chi connectivity index (χ0v) is 11.8. The molecule has 2 heteroatoms. The molecule has 2 aromatic carbocycles. The number of hydrogen-bond acceptors (Lipinski definition) is 2. The molecule has 2 atom stereocenters. The first kappa shape index (κ1) is 13.2. The number of rotatable bonds is 4. The fourth-order valence-corrected chi connectivity index (χ4v) is 2.71. The zero-order chi connectivity index (χ0) is 13.9. The average Bonchev–Trinajstić information content (AvgIpc) is 2.92. The molecule has 0 saturated carbocycles. The fraction of sp³-hybridized carbons (Fsp3) is 0.333. The molecule has 0 aliphatic carbocycles. The van der Waals surface area contributed by atoms with Crippen LogP contribution in [0.1, 0.15) is 23.6 Å². The van der Waals surface area contributed by atoms with Gasteiger partial charge in [-0.1, -0.05) is 49.4 Å². The van der Waals surface area contributed by atoms with Gasteiger partial charge in [0.15, 0.2) is 0 Å². The molecule has 3 rings (SSSR count). The van der Waals surface area contributed by atoms with Crippen molar-refractivity contribution in [3.63, 3.8) is 0 Å². The molecular weight excluding hydrogens is 248 g/mol. The minimum atomic E-state index is -0.463. The number of ether oxygens (including phenoxy) is 1. The summed E-state index contributed by atoms with van der Waals surface area (Å²) in [7, 11) is 0. The van der Waals surface area contributed by atoms with Crippen LogP contribution in [-0.2, 0) is 19.3 Å². The van der Waals surface area contributed by atoms with Crippen LogP contribution < -0.4 is 4.74 Å². The van der Waals surface area contributed by atoms with E-state index in [0.717, 1.165) is 24.2 Å². The normalized spacial score (nSPS) is 18.4. The second-order valence-corrected chi connectivity index (χ2v) is 5.41. The fourth-order valence-electron chi connectivity index (χ4n) is 2.71. The van der Waals surface area contributed by atoms with Gasteiger partial charge < -0.3 is 9.84 Å². The monoisotopic (exact) mass is 268 g/mol. The van der Waals surface area contributed by atoms with Crippen LogP contribution in [0.5, 0.6) is 5.75 Å². The molecule has 2 nitrogen and oxygen atoms in total. The van der Waals surface area contributed by atoms with E-state index in [2.05, 4.69) is 37.3 Å². The number of benzene rings is 2. The predicted octanol–water partition coefficient (Wildman–Crippen LogP) is 3.16. The molecule has 0 radical (unpaired) electrons. The molecule has 2 aromatic rings. The Bertz CT molecular complexity index is 549. The molecule has 104 valence electrons. The molecule has 0 fully saturated rings. The van der Waals surface area contributed by atoms with Crippen molar-refractivity contribution in [2.24, 2.45) is 0 Å². The highest BCUT2D eigenvalue weighted by atomic mass is 16.5. The number of para-hydroxylation sites is 1. The van der Waals surface area contributed by atoms with Crippen LogP contribution in [0.3, 0.4) is 0 Å². The van der Waals surface area contributed by atoms with E-state index in [9.17, 15) is 5.11 Å². The van der Waals surface area contributed by atoms with Gasteiger partial charge in [0.1, 0.15) is 11.9 Å². The van der Waals surface area contributed by atoms with Crippen LogP contribution in [0.2, 0.25) is 0 Å². The Balaban J connectivity index is 1.64. The van der Waals surface area contributed by atoms with Gasteiger partial charge in [-0.05, 0) is 29.2 Å². The van der Waals surface area contributed by atoms with E-state index in [-0.39, 0.29) is 6.10 Å². The number of aliphatic hydroxyl groups is 1. The Morgan fingerprint density at radius 1 is 1.10 bits per heavy atom. The minimum Gasteiger partial charge on any atom is -0.487 e. The molecule has 0 aromatic heterocycles. The Morgan fingerprint density at radius 2 is 1.80 bits per heavy atom. The quantitative estimate of drug-likeness (QED) is 0.923. The number of fused-ring (bicyclic) bond motifs is 1. The van der Waals surface area contributed by atoms with Gasteiger partial charge in [-0.3, -0.25) is 0 Å². The number of hydrogen-bond donors (Lipinski definition) is 1. The maximum absolute atomic E-state index is 10.4. The lowest BCUT2D eigenvalue weighted by atomic mass is 9.99. The minimum absolute atomic E-state index is 0.127. The van der Waals surface area contributed by atoms with Crippen LogP contribution in [0, 0.1) is 0 Å². The van der Waals surface area contributed by atoms with Gasteiger partial charge >= 0.3 is 0 Å². The summed E-state index contributed by atoms with van der Waals surface area (Å²) >= 11 is 0. The average molecular weight is 268 g/mol. The Hall–Kier alpha value is -1.80. The lowest BCUT2D eigenvalue weighted by molar-refractivity contribution is 0.0503. The van der Waals surface area contributed by atoms with Crippen molar-refractivity contribution in [3.05, 3.63) is 65.2 Å². The van der Waals surface area contributed by atoms with E-state index in [1.54, 1.807) is 0 Å². The Morgan fingerprint density at radius 3 is 2.50 bits per heavy atom. The largest absolute Gasteiger partial charge is 0.487 e. The summed E-state index contributed by atoms with van der Waals surface area (Å²) in [5.41, 5.74) is 3.68. The molecule has 20 heavy (non-hydrogen) atoms. The highest BCUT2D eigenvalue weighted by molar-refractivity contribution is 5.37. The Labute approximate surface area is 120 Å². The molecule has 0 amide bonds. The summed E-state index contributed by atoms with van der Waals surface area (Å²) in [6, 6.07) is 16.5. The molecule has 1 N–H and O–H groups in total. The highest BCUT2D eigenvalue weighted by Gasteiger charge is 2.28. The van der Waals surface area contributed by atoms with Crippen molar-refractivity contribution in [2.75, 3.05) is 0 Å².